The molecule has 3 nitrogen and oxygen atoms in total. The van der Waals surface area contributed by atoms with Crippen molar-refractivity contribution in [3.63, 3.8) is 0 Å². The van der Waals surface area contributed by atoms with Gasteiger partial charge in [0, 0.05) is 22.7 Å². The lowest BCUT2D eigenvalue weighted by Crippen LogP contribution is -2.13. The summed E-state index contributed by atoms with van der Waals surface area (Å²) in [7, 11) is 0. The minimum atomic E-state index is -4.42. The third kappa shape index (κ3) is 3.04. The molecule has 0 aliphatic rings. The zero-order valence-electron chi connectivity index (χ0n) is 9.46. The molecule has 1 aromatic heterocycles. The summed E-state index contributed by atoms with van der Waals surface area (Å²) >= 11 is 3.12. The van der Waals surface area contributed by atoms with Gasteiger partial charge in [-0.3, -0.25) is 4.79 Å². The number of alkyl halides is 4. The molecular formula is C12H8BrF3N2O. The fourth-order valence-corrected chi connectivity index (χ4v) is 1.91. The number of H-pyrrole nitrogens is 1. The van der Waals surface area contributed by atoms with Crippen LogP contribution in [0.25, 0.3) is 11.4 Å². The predicted octanol–water partition coefficient (Wildman–Crippen LogP) is 3.35. The first-order valence-electron chi connectivity index (χ1n) is 5.23. The Morgan fingerprint density at radius 2 is 2.05 bits per heavy atom. The van der Waals surface area contributed by atoms with Gasteiger partial charge in [-0.05, 0) is 12.1 Å². The van der Waals surface area contributed by atoms with E-state index in [0.29, 0.717) is 10.9 Å². The van der Waals surface area contributed by atoms with Crippen LogP contribution in [-0.2, 0) is 11.5 Å². The third-order valence-electron chi connectivity index (χ3n) is 2.48. The van der Waals surface area contributed by atoms with Crippen LogP contribution in [-0.4, -0.2) is 9.97 Å². The maximum absolute atomic E-state index is 12.6. The SMILES string of the molecule is O=c1[nH]c(-c2cccc(C(F)(F)F)c2)ncc1CBr. The summed E-state index contributed by atoms with van der Waals surface area (Å²) in [5, 5.41) is 0.332. The van der Waals surface area contributed by atoms with Crippen molar-refractivity contribution < 1.29 is 13.2 Å². The molecule has 0 aliphatic carbocycles. The smallest absolute Gasteiger partial charge is 0.306 e. The summed E-state index contributed by atoms with van der Waals surface area (Å²) in [4.78, 5) is 18.0. The predicted molar refractivity (Wildman–Crippen MR) is 67.9 cm³/mol. The topological polar surface area (TPSA) is 45.8 Å². The quantitative estimate of drug-likeness (QED) is 0.857. The molecule has 7 heteroatoms. The number of hydrogen-bond donors (Lipinski definition) is 1. The average molecular weight is 333 g/mol. The fraction of sp³-hybridized carbons (Fsp3) is 0.167. The highest BCUT2D eigenvalue weighted by Gasteiger charge is 2.30. The van der Waals surface area contributed by atoms with Crippen molar-refractivity contribution in [2.45, 2.75) is 11.5 Å². The van der Waals surface area contributed by atoms with E-state index in [-0.39, 0.29) is 16.9 Å². The molecule has 100 valence electrons. The summed E-state index contributed by atoms with van der Waals surface area (Å²) in [6.07, 6.45) is -3.09. The summed E-state index contributed by atoms with van der Waals surface area (Å²) in [5.74, 6) is 0.112. The highest BCUT2D eigenvalue weighted by molar-refractivity contribution is 9.08. The van der Waals surface area contributed by atoms with E-state index >= 15 is 0 Å². The Bertz CT molecular complexity index is 652. The van der Waals surface area contributed by atoms with Crippen LogP contribution in [0.4, 0.5) is 13.2 Å². The van der Waals surface area contributed by atoms with Crippen LogP contribution in [0.15, 0.2) is 35.3 Å². The van der Waals surface area contributed by atoms with Crippen LogP contribution in [0, 0.1) is 0 Å². The highest BCUT2D eigenvalue weighted by Crippen LogP contribution is 2.31. The second kappa shape index (κ2) is 5.16. The monoisotopic (exact) mass is 332 g/mol. The Labute approximate surface area is 114 Å². The van der Waals surface area contributed by atoms with Crippen LogP contribution < -0.4 is 5.56 Å². The van der Waals surface area contributed by atoms with Crippen molar-refractivity contribution >= 4 is 15.9 Å². The number of nitrogens with one attached hydrogen (secondary N) is 1. The van der Waals surface area contributed by atoms with Crippen LogP contribution >= 0.6 is 15.9 Å². The van der Waals surface area contributed by atoms with Gasteiger partial charge in [-0.2, -0.15) is 13.2 Å². The van der Waals surface area contributed by atoms with Crippen molar-refractivity contribution in [2.24, 2.45) is 0 Å². The molecule has 0 saturated heterocycles. The van der Waals surface area contributed by atoms with Gasteiger partial charge in [-0.15, -0.1) is 0 Å². The summed E-state index contributed by atoms with van der Waals surface area (Å²) in [6, 6.07) is 4.65. The van der Waals surface area contributed by atoms with E-state index in [1.165, 1.54) is 18.3 Å². The number of aromatic amines is 1. The van der Waals surface area contributed by atoms with Crippen LogP contribution in [0.1, 0.15) is 11.1 Å². The Hall–Kier alpha value is -1.63. The second-order valence-corrected chi connectivity index (χ2v) is 4.36. The number of benzene rings is 1. The molecule has 19 heavy (non-hydrogen) atoms. The number of rotatable bonds is 2. The average Bonchev–Trinajstić information content (AvgIpc) is 2.38. The molecule has 0 atom stereocenters. The molecule has 0 radical (unpaired) electrons. The normalized spacial score (nSPS) is 11.6. The van der Waals surface area contributed by atoms with E-state index in [9.17, 15) is 18.0 Å². The summed E-state index contributed by atoms with van der Waals surface area (Å²) in [5.41, 5.74) is -0.528. The lowest BCUT2D eigenvalue weighted by atomic mass is 10.1. The summed E-state index contributed by atoms with van der Waals surface area (Å²) in [6.45, 7) is 0. The van der Waals surface area contributed by atoms with Gasteiger partial charge in [0.25, 0.3) is 5.56 Å². The highest BCUT2D eigenvalue weighted by atomic mass is 79.9. The standard InChI is InChI=1S/C12H8BrF3N2O/c13-5-8-6-17-10(18-11(8)19)7-2-1-3-9(4-7)12(14,15)16/h1-4,6H,5H2,(H,17,18,19). The number of halogens is 4. The maximum atomic E-state index is 12.6. The lowest BCUT2D eigenvalue weighted by Gasteiger charge is -2.08. The van der Waals surface area contributed by atoms with Gasteiger partial charge in [0.2, 0.25) is 0 Å². The van der Waals surface area contributed by atoms with Crippen LogP contribution in [0.3, 0.4) is 0 Å². The van der Waals surface area contributed by atoms with E-state index in [0.717, 1.165) is 12.1 Å². The first-order valence-corrected chi connectivity index (χ1v) is 6.36. The van der Waals surface area contributed by atoms with Gasteiger partial charge in [-0.25, -0.2) is 4.98 Å². The zero-order valence-corrected chi connectivity index (χ0v) is 11.0. The first kappa shape index (κ1) is 13.8. The van der Waals surface area contributed by atoms with Crippen molar-refractivity contribution in [1.82, 2.24) is 9.97 Å². The van der Waals surface area contributed by atoms with Gasteiger partial charge in [0.05, 0.1) is 5.56 Å². The lowest BCUT2D eigenvalue weighted by molar-refractivity contribution is -0.137. The van der Waals surface area contributed by atoms with E-state index in [1.54, 1.807) is 0 Å². The van der Waals surface area contributed by atoms with Gasteiger partial charge < -0.3 is 4.98 Å². The van der Waals surface area contributed by atoms with Gasteiger partial charge in [-0.1, -0.05) is 28.1 Å². The van der Waals surface area contributed by atoms with Crippen molar-refractivity contribution in [1.29, 1.82) is 0 Å². The Kier molecular flexibility index (Phi) is 3.75. The fourth-order valence-electron chi connectivity index (χ4n) is 1.51. The minimum Gasteiger partial charge on any atom is -0.306 e. The Balaban J connectivity index is 2.48. The molecule has 0 aliphatic heterocycles. The van der Waals surface area contributed by atoms with Gasteiger partial charge >= 0.3 is 6.18 Å². The van der Waals surface area contributed by atoms with E-state index in [4.69, 9.17) is 0 Å². The number of nitrogens with zero attached hydrogens (tertiary/aromatic N) is 1. The molecule has 1 N–H and O–H groups in total. The van der Waals surface area contributed by atoms with E-state index < -0.39 is 11.7 Å². The molecule has 2 rings (SSSR count). The maximum Gasteiger partial charge on any atom is 0.416 e. The van der Waals surface area contributed by atoms with Gasteiger partial charge in [0.15, 0.2) is 0 Å². The Morgan fingerprint density at radius 1 is 1.32 bits per heavy atom. The number of hydrogen-bond acceptors (Lipinski definition) is 2. The van der Waals surface area contributed by atoms with E-state index in [1.807, 2.05) is 0 Å². The second-order valence-electron chi connectivity index (χ2n) is 3.80. The molecule has 0 fully saturated rings. The third-order valence-corrected chi connectivity index (χ3v) is 3.08. The molecule has 2 aromatic rings. The van der Waals surface area contributed by atoms with E-state index in [2.05, 4.69) is 25.9 Å². The molecule has 0 unspecified atom stereocenters. The summed E-state index contributed by atoms with van der Waals surface area (Å²) < 4.78 is 37.7. The molecule has 0 amide bonds. The molecule has 0 saturated carbocycles. The number of aromatic nitrogens is 2. The van der Waals surface area contributed by atoms with Crippen LogP contribution in [0.2, 0.25) is 0 Å². The van der Waals surface area contributed by atoms with Crippen LogP contribution in [0.5, 0.6) is 0 Å². The first-order chi connectivity index (χ1) is 8.91. The molecular weight excluding hydrogens is 325 g/mol. The molecule has 0 bridgehead atoms. The largest absolute Gasteiger partial charge is 0.416 e. The minimum absolute atomic E-state index is 0.112. The zero-order chi connectivity index (χ0) is 14.0. The van der Waals surface area contributed by atoms with Gasteiger partial charge in [0.1, 0.15) is 5.82 Å². The van der Waals surface area contributed by atoms with Crippen molar-refractivity contribution in [3.8, 4) is 11.4 Å². The molecule has 0 spiro atoms. The molecule has 1 aromatic carbocycles. The molecule has 1 heterocycles. The van der Waals surface area contributed by atoms with Crippen molar-refractivity contribution in [2.75, 3.05) is 0 Å². The van der Waals surface area contributed by atoms with Crippen molar-refractivity contribution in [3.05, 3.63) is 51.9 Å². The Morgan fingerprint density at radius 3 is 2.63 bits per heavy atom.